The number of aliphatic hydroxyl groups excluding tert-OH is 15. The van der Waals surface area contributed by atoms with Crippen molar-refractivity contribution in [3.05, 3.63) is 0 Å². The quantitative estimate of drug-likeness (QED) is 0.0604. The van der Waals surface area contributed by atoms with Crippen LogP contribution in [0.4, 0.5) is 0 Å². The number of hydrogen-bond donors (Lipinski definition) is 16. The highest BCUT2D eigenvalue weighted by Gasteiger charge is 2.57. The van der Waals surface area contributed by atoms with E-state index in [1.165, 1.54) is 6.92 Å². The van der Waals surface area contributed by atoms with E-state index in [-0.39, 0.29) is 6.29 Å². The van der Waals surface area contributed by atoms with Gasteiger partial charge < -0.3 is 125 Å². The van der Waals surface area contributed by atoms with Gasteiger partial charge in [-0.25, -0.2) is 0 Å². The summed E-state index contributed by atoms with van der Waals surface area (Å²) in [6.07, 6.45) is -43.9. The zero-order valence-electron chi connectivity index (χ0n) is 31.1. The summed E-state index contributed by atoms with van der Waals surface area (Å²) >= 11 is 0. The number of rotatable bonds is 17. The maximum atomic E-state index is 12.7. The second kappa shape index (κ2) is 21.3. The van der Waals surface area contributed by atoms with E-state index < -0.39 is 180 Å². The summed E-state index contributed by atoms with van der Waals surface area (Å²) in [5.74, 6) is -0.857. The minimum Gasteiger partial charge on any atom is -0.394 e. The van der Waals surface area contributed by atoms with Crippen LogP contribution in [-0.4, -0.2) is 262 Å². The molecule has 4 aliphatic rings. The fourth-order valence-electron chi connectivity index (χ4n) is 6.91. The molecule has 4 saturated heterocycles. The summed E-state index contributed by atoms with van der Waals surface area (Å²) in [7, 11) is 0. The Labute approximate surface area is 329 Å². The molecule has 0 aromatic carbocycles. The van der Waals surface area contributed by atoms with Gasteiger partial charge in [0.2, 0.25) is 5.91 Å². The van der Waals surface area contributed by atoms with E-state index in [1.807, 2.05) is 0 Å². The van der Waals surface area contributed by atoms with Crippen LogP contribution in [-0.2, 0) is 47.5 Å². The molecular weight excluding hydrogens is 798 g/mol. The van der Waals surface area contributed by atoms with Crippen LogP contribution >= 0.6 is 0 Å². The van der Waals surface area contributed by atoms with E-state index in [2.05, 4.69) is 5.32 Å². The van der Waals surface area contributed by atoms with Crippen molar-refractivity contribution in [2.24, 2.45) is 0 Å². The Morgan fingerprint density at radius 1 is 0.621 bits per heavy atom. The van der Waals surface area contributed by atoms with E-state index in [0.29, 0.717) is 0 Å². The smallest absolute Gasteiger partial charge is 0.217 e. The summed E-state index contributed by atoms with van der Waals surface area (Å²) in [6.45, 7) is -1.73. The third-order valence-electron chi connectivity index (χ3n) is 10.2. The van der Waals surface area contributed by atoms with Crippen molar-refractivity contribution in [2.75, 3.05) is 26.4 Å². The third kappa shape index (κ3) is 10.6. The van der Waals surface area contributed by atoms with Crippen LogP contribution < -0.4 is 5.32 Å². The lowest BCUT2D eigenvalue weighted by molar-refractivity contribution is -0.388. The monoisotopic (exact) mass is 853 g/mol. The van der Waals surface area contributed by atoms with Gasteiger partial charge in [-0.1, -0.05) is 0 Å². The Balaban J connectivity index is 1.75. The molecule has 0 aliphatic carbocycles. The molecule has 24 unspecified atom stereocenters. The van der Waals surface area contributed by atoms with Crippen molar-refractivity contribution in [1.29, 1.82) is 0 Å². The maximum absolute atomic E-state index is 12.7. The molecule has 24 atom stereocenters. The molecule has 4 heterocycles. The molecule has 16 N–H and O–H groups in total. The maximum Gasteiger partial charge on any atom is 0.217 e. The molecule has 4 aliphatic heterocycles. The van der Waals surface area contributed by atoms with Crippen LogP contribution in [0.25, 0.3) is 0 Å². The number of carbonyl (C=O) groups excluding carboxylic acids is 2. The molecule has 0 aromatic rings. The lowest BCUT2D eigenvalue weighted by Crippen LogP contribution is -2.71. The fourth-order valence-corrected chi connectivity index (χ4v) is 6.91. The van der Waals surface area contributed by atoms with Gasteiger partial charge in [-0.15, -0.1) is 0 Å². The Morgan fingerprint density at radius 3 is 1.67 bits per heavy atom. The van der Waals surface area contributed by atoms with Crippen molar-refractivity contribution in [3.63, 3.8) is 0 Å². The van der Waals surface area contributed by atoms with Crippen LogP contribution in [0.2, 0.25) is 0 Å². The molecule has 58 heavy (non-hydrogen) atoms. The summed E-state index contributed by atoms with van der Waals surface area (Å²) in [6, 6.07) is -1.77. The molecule has 0 aromatic heterocycles. The van der Waals surface area contributed by atoms with Crippen molar-refractivity contribution in [1.82, 2.24) is 5.32 Å². The Kier molecular flexibility index (Phi) is 18.0. The van der Waals surface area contributed by atoms with Crippen molar-refractivity contribution < 1.29 is 124 Å². The molecule has 4 fully saturated rings. The normalized spacial score (nSPS) is 45.8. The number of amides is 1. The minimum atomic E-state index is -2.23. The summed E-state index contributed by atoms with van der Waals surface area (Å²) in [5.41, 5.74) is 0. The second-order valence-corrected chi connectivity index (χ2v) is 14.3. The molecule has 1 amide bonds. The second-order valence-electron chi connectivity index (χ2n) is 14.3. The third-order valence-corrected chi connectivity index (χ3v) is 10.2. The summed E-state index contributed by atoms with van der Waals surface area (Å²) < 4.78 is 45.8. The number of carbonyl (C=O) groups is 2. The van der Waals surface area contributed by atoms with Gasteiger partial charge in [0.15, 0.2) is 31.4 Å². The van der Waals surface area contributed by atoms with Crippen molar-refractivity contribution >= 4 is 12.2 Å². The molecule has 0 saturated carbocycles. The fraction of sp³-hybridized carbons (Fsp3) is 0.938. The first-order valence-electron chi connectivity index (χ1n) is 18.2. The van der Waals surface area contributed by atoms with Crippen LogP contribution in [0.1, 0.15) is 13.8 Å². The van der Waals surface area contributed by atoms with Crippen molar-refractivity contribution in [2.45, 2.75) is 161 Å². The first-order valence-corrected chi connectivity index (χ1v) is 18.2. The van der Waals surface area contributed by atoms with Gasteiger partial charge in [-0.2, -0.15) is 0 Å². The summed E-state index contributed by atoms with van der Waals surface area (Å²) in [5, 5.41) is 159. The van der Waals surface area contributed by atoms with Gasteiger partial charge in [0.25, 0.3) is 0 Å². The molecule has 0 bridgehead atoms. The lowest BCUT2D eigenvalue weighted by Gasteiger charge is -2.51. The summed E-state index contributed by atoms with van der Waals surface area (Å²) in [4.78, 5) is 23.9. The highest BCUT2D eigenvalue weighted by molar-refractivity contribution is 5.73. The van der Waals surface area contributed by atoms with Gasteiger partial charge in [0, 0.05) is 6.92 Å². The lowest BCUT2D eigenvalue weighted by atomic mass is 9.93. The van der Waals surface area contributed by atoms with Crippen LogP contribution in [0.15, 0.2) is 0 Å². The Hall–Kier alpha value is -1.78. The standard InChI is InChI=1S/C32H55NO25/c1-8-16(42)20(46)22(48)30(51-8)57-27-15(33-9(2)39)29(54-14(7-38)26(27)56-31-23(49)21(47)18(44)12(5-36)52-31)58-28-19(45)13(6-37)53-32(24(28)50)55-25(11(41)4-35)17(43)10(40)3-34/h3,8,10-32,35-38,40-50H,4-7H2,1-2H3,(H,33,39). The molecule has 26 nitrogen and oxygen atoms in total. The Morgan fingerprint density at radius 2 is 1.12 bits per heavy atom. The van der Waals surface area contributed by atoms with E-state index in [9.17, 15) is 86.2 Å². The van der Waals surface area contributed by atoms with E-state index in [1.54, 1.807) is 0 Å². The first-order chi connectivity index (χ1) is 27.3. The highest BCUT2D eigenvalue weighted by atomic mass is 16.8. The van der Waals surface area contributed by atoms with Crippen LogP contribution in [0.5, 0.6) is 0 Å². The largest absolute Gasteiger partial charge is 0.394 e. The zero-order chi connectivity index (χ0) is 43.3. The molecule has 338 valence electrons. The number of aliphatic hydroxyl groups is 15. The van der Waals surface area contributed by atoms with Crippen LogP contribution in [0, 0.1) is 0 Å². The van der Waals surface area contributed by atoms with Gasteiger partial charge in [-0.3, -0.25) is 4.79 Å². The predicted molar refractivity (Wildman–Crippen MR) is 178 cm³/mol. The average molecular weight is 854 g/mol. The van der Waals surface area contributed by atoms with Crippen LogP contribution in [0.3, 0.4) is 0 Å². The Bertz CT molecular complexity index is 1290. The highest BCUT2D eigenvalue weighted by Crippen LogP contribution is 2.36. The average Bonchev–Trinajstić information content (AvgIpc) is 3.20. The SMILES string of the molecule is CC(=O)NC1C(OC2C(O)C(CO)OC(OC(C(O)CO)C(O)C(O)C=O)C2O)OC(CO)C(OC2OC(CO)C(O)C(O)C2O)C1OC1OC(C)C(O)C(O)C1O. The zero-order valence-corrected chi connectivity index (χ0v) is 31.1. The van der Waals surface area contributed by atoms with Gasteiger partial charge in [0.05, 0.1) is 32.5 Å². The van der Waals surface area contributed by atoms with Gasteiger partial charge >= 0.3 is 0 Å². The van der Waals surface area contributed by atoms with E-state index in [4.69, 9.17) is 37.9 Å². The molecular formula is C32H55NO25. The number of hydrogen-bond acceptors (Lipinski definition) is 25. The molecule has 4 rings (SSSR count). The topological polar surface area (TPSA) is 423 Å². The number of nitrogens with one attached hydrogen (secondary N) is 1. The molecule has 0 radical (unpaired) electrons. The number of ether oxygens (including phenoxy) is 8. The van der Waals surface area contributed by atoms with Gasteiger partial charge in [0.1, 0.15) is 116 Å². The molecule has 26 heteroatoms. The number of aldehydes is 1. The van der Waals surface area contributed by atoms with E-state index >= 15 is 0 Å². The molecule has 0 spiro atoms. The first kappa shape index (κ1) is 48.9. The van der Waals surface area contributed by atoms with Crippen molar-refractivity contribution in [3.8, 4) is 0 Å². The van der Waals surface area contributed by atoms with E-state index in [0.717, 1.165) is 6.92 Å². The minimum absolute atomic E-state index is 0.122. The van der Waals surface area contributed by atoms with Gasteiger partial charge in [-0.05, 0) is 6.92 Å². The predicted octanol–water partition coefficient (Wildman–Crippen LogP) is -10.9.